The van der Waals surface area contributed by atoms with Crippen molar-refractivity contribution in [1.29, 1.82) is 0 Å². The molecule has 0 amide bonds. The molecule has 0 saturated carbocycles. The van der Waals surface area contributed by atoms with E-state index in [0.29, 0.717) is 11.6 Å². The number of hydrogen-bond acceptors (Lipinski definition) is 5. The van der Waals surface area contributed by atoms with Crippen LogP contribution in [0.4, 0.5) is 0 Å². The quantitative estimate of drug-likeness (QED) is 0.774. The summed E-state index contributed by atoms with van der Waals surface area (Å²) in [7, 11) is 1.77. The van der Waals surface area contributed by atoms with Crippen molar-refractivity contribution in [3.8, 4) is 0 Å². The van der Waals surface area contributed by atoms with Crippen molar-refractivity contribution in [2.75, 3.05) is 0 Å². The third-order valence-corrected chi connectivity index (χ3v) is 3.40. The van der Waals surface area contributed by atoms with Gasteiger partial charge in [0, 0.05) is 23.9 Å². The van der Waals surface area contributed by atoms with Crippen molar-refractivity contribution in [2.24, 2.45) is 7.05 Å². The highest BCUT2D eigenvalue weighted by atomic mass is 32.2. The Bertz CT molecular complexity index is 538. The van der Waals surface area contributed by atoms with Gasteiger partial charge in [0.05, 0.1) is 0 Å². The first-order chi connectivity index (χ1) is 8.22. The Labute approximate surface area is 103 Å². The van der Waals surface area contributed by atoms with Crippen molar-refractivity contribution in [3.63, 3.8) is 0 Å². The number of ketones is 1. The monoisotopic (exact) mass is 248 g/mol. The summed E-state index contributed by atoms with van der Waals surface area (Å²) in [4.78, 5) is 12.7. The van der Waals surface area contributed by atoms with Crippen LogP contribution in [0.1, 0.15) is 23.7 Å². The fourth-order valence-electron chi connectivity index (χ4n) is 1.38. The van der Waals surface area contributed by atoms with Gasteiger partial charge in [-0.15, -0.1) is 5.10 Å². The Kier molecular flexibility index (Phi) is 3.53. The highest BCUT2D eigenvalue weighted by Crippen LogP contribution is 2.28. The van der Waals surface area contributed by atoms with Crippen LogP contribution in [0.15, 0.2) is 34.3 Å². The minimum atomic E-state index is 0.128. The molecule has 0 aliphatic heterocycles. The van der Waals surface area contributed by atoms with Gasteiger partial charge in [-0.2, -0.15) is 0 Å². The minimum absolute atomic E-state index is 0.128. The molecular weight excluding hydrogens is 236 g/mol. The number of carbonyl (C=O) groups is 1. The maximum absolute atomic E-state index is 11.8. The Morgan fingerprint density at radius 1 is 1.41 bits per heavy atom. The largest absolute Gasteiger partial charge is 0.294 e. The lowest BCUT2D eigenvalue weighted by Crippen LogP contribution is -1.99. The van der Waals surface area contributed by atoms with Gasteiger partial charge < -0.3 is 0 Å². The van der Waals surface area contributed by atoms with Gasteiger partial charge in [0.2, 0.25) is 5.16 Å². The van der Waals surface area contributed by atoms with E-state index in [1.807, 2.05) is 31.2 Å². The number of tetrazole rings is 1. The number of benzene rings is 1. The molecule has 0 atom stereocenters. The number of aromatic nitrogens is 4. The zero-order chi connectivity index (χ0) is 12.3. The van der Waals surface area contributed by atoms with E-state index in [4.69, 9.17) is 0 Å². The lowest BCUT2D eigenvalue weighted by molar-refractivity contribution is 0.0985. The van der Waals surface area contributed by atoms with E-state index in [1.54, 1.807) is 11.7 Å². The standard InChI is InChI=1S/C11H12N4OS/c1-3-9(16)8-6-4-5-7-10(8)17-11-12-13-14-15(11)2/h4-7H,3H2,1-2H3. The van der Waals surface area contributed by atoms with Crippen LogP contribution < -0.4 is 0 Å². The molecule has 0 aliphatic rings. The molecule has 17 heavy (non-hydrogen) atoms. The summed E-state index contributed by atoms with van der Waals surface area (Å²) in [6, 6.07) is 7.50. The third-order valence-electron chi connectivity index (χ3n) is 2.29. The van der Waals surface area contributed by atoms with Crippen molar-refractivity contribution in [1.82, 2.24) is 20.2 Å². The molecule has 88 valence electrons. The van der Waals surface area contributed by atoms with E-state index in [9.17, 15) is 4.79 Å². The average Bonchev–Trinajstić information content (AvgIpc) is 2.75. The first-order valence-corrected chi connectivity index (χ1v) is 6.06. The van der Waals surface area contributed by atoms with Gasteiger partial charge in [0.25, 0.3) is 0 Å². The van der Waals surface area contributed by atoms with Gasteiger partial charge in [0.15, 0.2) is 5.78 Å². The summed E-state index contributed by atoms with van der Waals surface area (Å²) in [5.74, 6) is 0.128. The van der Waals surface area contributed by atoms with E-state index in [1.165, 1.54) is 11.8 Å². The molecule has 0 spiro atoms. The maximum Gasteiger partial charge on any atom is 0.213 e. The first-order valence-electron chi connectivity index (χ1n) is 5.24. The summed E-state index contributed by atoms with van der Waals surface area (Å²) >= 11 is 1.40. The lowest BCUT2D eigenvalue weighted by atomic mass is 10.1. The van der Waals surface area contributed by atoms with Gasteiger partial charge >= 0.3 is 0 Å². The van der Waals surface area contributed by atoms with Gasteiger partial charge in [-0.05, 0) is 28.3 Å². The van der Waals surface area contributed by atoms with Crippen molar-refractivity contribution in [2.45, 2.75) is 23.4 Å². The highest BCUT2D eigenvalue weighted by molar-refractivity contribution is 7.99. The van der Waals surface area contributed by atoms with Crippen LogP contribution in [0.3, 0.4) is 0 Å². The number of rotatable bonds is 4. The average molecular weight is 248 g/mol. The van der Waals surface area contributed by atoms with Crippen LogP contribution in [0.5, 0.6) is 0 Å². The molecule has 0 bridgehead atoms. The summed E-state index contributed by atoms with van der Waals surface area (Å²) in [6.45, 7) is 1.85. The maximum atomic E-state index is 11.8. The van der Waals surface area contributed by atoms with Gasteiger partial charge in [-0.3, -0.25) is 4.79 Å². The molecule has 0 fully saturated rings. The molecule has 1 aromatic carbocycles. The van der Waals surface area contributed by atoms with Crippen molar-refractivity contribution < 1.29 is 4.79 Å². The molecule has 0 saturated heterocycles. The second-order valence-electron chi connectivity index (χ2n) is 3.46. The number of nitrogens with zero attached hydrogens (tertiary/aromatic N) is 4. The molecule has 0 radical (unpaired) electrons. The van der Waals surface area contributed by atoms with E-state index in [0.717, 1.165) is 10.5 Å². The molecular formula is C11H12N4OS. The number of aryl methyl sites for hydroxylation is 1. The second-order valence-corrected chi connectivity index (χ2v) is 4.47. The molecule has 2 aromatic rings. The van der Waals surface area contributed by atoms with Crippen LogP contribution in [-0.2, 0) is 7.05 Å². The Morgan fingerprint density at radius 2 is 2.18 bits per heavy atom. The molecule has 6 heteroatoms. The van der Waals surface area contributed by atoms with Crippen molar-refractivity contribution in [3.05, 3.63) is 29.8 Å². The van der Waals surface area contributed by atoms with Gasteiger partial charge in [-0.1, -0.05) is 25.1 Å². The first kappa shape index (κ1) is 11.8. The molecule has 0 N–H and O–H groups in total. The zero-order valence-electron chi connectivity index (χ0n) is 9.62. The molecule has 2 rings (SSSR count). The predicted octanol–water partition coefficient (Wildman–Crippen LogP) is 1.95. The molecule has 1 aromatic heterocycles. The SMILES string of the molecule is CCC(=O)c1ccccc1Sc1nnnn1C. The summed E-state index contributed by atoms with van der Waals surface area (Å²) < 4.78 is 1.58. The van der Waals surface area contributed by atoms with E-state index in [2.05, 4.69) is 15.5 Å². The van der Waals surface area contributed by atoms with Crippen LogP contribution in [0.2, 0.25) is 0 Å². The molecule has 5 nitrogen and oxygen atoms in total. The van der Waals surface area contributed by atoms with Gasteiger partial charge in [-0.25, -0.2) is 4.68 Å². The minimum Gasteiger partial charge on any atom is -0.294 e. The molecule has 0 unspecified atom stereocenters. The van der Waals surface area contributed by atoms with E-state index < -0.39 is 0 Å². The number of carbonyl (C=O) groups excluding carboxylic acids is 1. The van der Waals surface area contributed by atoms with Crippen LogP contribution >= 0.6 is 11.8 Å². The fourth-order valence-corrected chi connectivity index (χ4v) is 2.26. The zero-order valence-corrected chi connectivity index (χ0v) is 10.4. The Morgan fingerprint density at radius 3 is 2.82 bits per heavy atom. The highest BCUT2D eigenvalue weighted by Gasteiger charge is 2.12. The van der Waals surface area contributed by atoms with Crippen molar-refractivity contribution >= 4 is 17.5 Å². The van der Waals surface area contributed by atoms with Crippen LogP contribution in [0, 0.1) is 0 Å². The second kappa shape index (κ2) is 5.09. The predicted molar refractivity (Wildman–Crippen MR) is 64.0 cm³/mol. The molecule has 0 aliphatic carbocycles. The normalized spacial score (nSPS) is 10.5. The fraction of sp³-hybridized carbons (Fsp3) is 0.273. The summed E-state index contributed by atoms with van der Waals surface area (Å²) in [5, 5.41) is 11.9. The Hall–Kier alpha value is -1.69. The van der Waals surface area contributed by atoms with Crippen LogP contribution in [-0.4, -0.2) is 26.0 Å². The topological polar surface area (TPSA) is 60.7 Å². The molecule has 1 heterocycles. The lowest BCUT2D eigenvalue weighted by Gasteiger charge is -2.05. The summed E-state index contributed by atoms with van der Waals surface area (Å²) in [5.41, 5.74) is 0.725. The Balaban J connectivity index is 2.33. The number of hydrogen-bond donors (Lipinski definition) is 0. The summed E-state index contributed by atoms with van der Waals surface area (Å²) in [6.07, 6.45) is 0.495. The van der Waals surface area contributed by atoms with Gasteiger partial charge in [0.1, 0.15) is 0 Å². The van der Waals surface area contributed by atoms with E-state index >= 15 is 0 Å². The smallest absolute Gasteiger partial charge is 0.213 e. The van der Waals surface area contributed by atoms with Crippen LogP contribution in [0.25, 0.3) is 0 Å². The van der Waals surface area contributed by atoms with E-state index in [-0.39, 0.29) is 5.78 Å². The number of Topliss-reactive ketones (excluding diaryl/α,β-unsaturated/α-hetero) is 1. The third kappa shape index (κ3) is 2.52.